The maximum atomic E-state index is 10.8. The molecule has 0 unspecified atom stereocenters. The molecule has 0 radical (unpaired) electrons. The summed E-state index contributed by atoms with van der Waals surface area (Å²) in [6.45, 7) is -1.41. The number of nitrogens with zero attached hydrogens (tertiary/aromatic N) is 1. The van der Waals surface area contributed by atoms with E-state index in [4.69, 9.17) is 18.9 Å². The van der Waals surface area contributed by atoms with Crippen molar-refractivity contribution in [3.63, 3.8) is 0 Å². The van der Waals surface area contributed by atoms with Crippen LogP contribution in [0.4, 0.5) is 5.69 Å². The Morgan fingerprint density at radius 3 is 1.88 bits per heavy atom. The van der Waals surface area contributed by atoms with E-state index >= 15 is 0 Å². The number of nitro benzene ring substituents is 1. The first-order chi connectivity index (χ1) is 15.2. The van der Waals surface area contributed by atoms with Crippen LogP contribution in [0.1, 0.15) is 0 Å². The number of hydrogen-bond donors (Lipinski definition) is 7. The van der Waals surface area contributed by atoms with Crippen molar-refractivity contribution in [2.45, 2.75) is 61.4 Å². The summed E-state index contributed by atoms with van der Waals surface area (Å²) in [7, 11) is 0. The van der Waals surface area contributed by atoms with Crippen molar-refractivity contribution in [3.8, 4) is 5.75 Å². The van der Waals surface area contributed by atoms with E-state index in [2.05, 4.69) is 0 Å². The maximum absolute atomic E-state index is 10.8. The zero-order valence-electron chi connectivity index (χ0n) is 16.5. The molecule has 0 spiro atoms. The number of nitro groups is 1. The van der Waals surface area contributed by atoms with E-state index in [1.165, 1.54) is 12.1 Å². The molecule has 0 bridgehead atoms. The van der Waals surface area contributed by atoms with Crippen molar-refractivity contribution in [2.75, 3.05) is 13.2 Å². The van der Waals surface area contributed by atoms with Crippen LogP contribution in [0, 0.1) is 10.1 Å². The standard InChI is InChI=1S/C18H25NO13/c20-5-9-11(22)13(24)15(26)17(30-9)32-16-14(25)12(23)10(6-21)31-18(16)29-8-3-1-7(2-4-8)19(27)28/h1-4,9-18,20-26H,5-6H2/t9-,10-,11-,12-,13+,14-,15+,16+,17-,18+/m1/s1. The zero-order valence-corrected chi connectivity index (χ0v) is 16.5. The number of benzene rings is 1. The summed E-state index contributed by atoms with van der Waals surface area (Å²) < 4.78 is 21.8. The highest BCUT2D eigenvalue weighted by molar-refractivity contribution is 5.36. The molecule has 0 amide bonds. The van der Waals surface area contributed by atoms with E-state index in [0.717, 1.165) is 12.1 Å². The van der Waals surface area contributed by atoms with Crippen LogP contribution in [0.2, 0.25) is 0 Å². The van der Waals surface area contributed by atoms with Crippen LogP contribution in [0.25, 0.3) is 0 Å². The van der Waals surface area contributed by atoms with Gasteiger partial charge in [0.15, 0.2) is 12.4 Å². The third-order valence-corrected chi connectivity index (χ3v) is 5.26. The van der Waals surface area contributed by atoms with Crippen molar-refractivity contribution in [1.29, 1.82) is 0 Å². The molecule has 7 N–H and O–H groups in total. The van der Waals surface area contributed by atoms with Gasteiger partial charge in [-0.2, -0.15) is 0 Å². The highest BCUT2D eigenvalue weighted by Crippen LogP contribution is 2.31. The molecule has 2 heterocycles. The summed E-state index contributed by atoms with van der Waals surface area (Å²) in [4.78, 5) is 10.2. The van der Waals surface area contributed by atoms with Crippen molar-refractivity contribution < 1.29 is 59.6 Å². The van der Waals surface area contributed by atoms with Gasteiger partial charge in [0, 0.05) is 12.1 Å². The largest absolute Gasteiger partial charge is 0.462 e. The molecule has 14 heteroatoms. The molecule has 1 aromatic carbocycles. The topological polar surface area (TPSA) is 222 Å². The predicted octanol–water partition coefficient (Wildman–Crippen LogP) is -3.40. The van der Waals surface area contributed by atoms with E-state index in [1.807, 2.05) is 0 Å². The smallest absolute Gasteiger partial charge is 0.269 e. The van der Waals surface area contributed by atoms with Gasteiger partial charge in [0.1, 0.15) is 48.5 Å². The van der Waals surface area contributed by atoms with Gasteiger partial charge in [0.05, 0.1) is 18.1 Å². The number of aliphatic hydroxyl groups excluding tert-OH is 7. The normalized spacial score (nSPS) is 40.1. The number of non-ortho nitro benzene ring substituents is 1. The molecular weight excluding hydrogens is 438 g/mol. The van der Waals surface area contributed by atoms with Gasteiger partial charge in [-0.3, -0.25) is 10.1 Å². The molecule has 3 rings (SSSR count). The summed E-state index contributed by atoms with van der Waals surface area (Å²) in [6, 6.07) is 4.80. The average molecular weight is 463 g/mol. The van der Waals surface area contributed by atoms with E-state index < -0.39 is 79.5 Å². The highest BCUT2D eigenvalue weighted by atomic mass is 16.8. The number of ether oxygens (including phenoxy) is 4. The van der Waals surface area contributed by atoms with Crippen LogP contribution >= 0.6 is 0 Å². The van der Waals surface area contributed by atoms with Crippen molar-refractivity contribution in [2.24, 2.45) is 0 Å². The highest BCUT2D eigenvalue weighted by Gasteiger charge is 2.51. The second-order valence-electron chi connectivity index (χ2n) is 7.37. The zero-order chi connectivity index (χ0) is 23.6. The second kappa shape index (κ2) is 10.3. The van der Waals surface area contributed by atoms with E-state index in [9.17, 15) is 45.9 Å². The molecule has 0 aliphatic carbocycles. The molecule has 32 heavy (non-hydrogen) atoms. The number of aliphatic hydroxyl groups is 7. The second-order valence-corrected chi connectivity index (χ2v) is 7.37. The van der Waals surface area contributed by atoms with Crippen LogP contribution in [-0.2, 0) is 14.2 Å². The maximum Gasteiger partial charge on any atom is 0.269 e. The van der Waals surface area contributed by atoms with E-state index in [-0.39, 0.29) is 11.4 Å². The minimum Gasteiger partial charge on any atom is -0.462 e. The first-order valence-electron chi connectivity index (χ1n) is 9.67. The lowest BCUT2D eigenvalue weighted by Crippen LogP contribution is -2.65. The first-order valence-corrected chi connectivity index (χ1v) is 9.67. The summed E-state index contributed by atoms with van der Waals surface area (Å²) in [6.07, 6.45) is -15.8. The lowest BCUT2D eigenvalue weighted by Gasteiger charge is -2.45. The van der Waals surface area contributed by atoms with Crippen LogP contribution in [-0.4, -0.2) is 115 Å². The summed E-state index contributed by atoms with van der Waals surface area (Å²) >= 11 is 0. The monoisotopic (exact) mass is 463 g/mol. The third kappa shape index (κ3) is 4.99. The Bertz CT molecular complexity index is 762. The summed E-state index contributed by atoms with van der Waals surface area (Å²) in [5.41, 5.74) is -0.209. The summed E-state index contributed by atoms with van der Waals surface area (Å²) in [5, 5.41) is 80.3. The fourth-order valence-corrected chi connectivity index (χ4v) is 3.41. The molecule has 10 atom stereocenters. The predicted molar refractivity (Wildman–Crippen MR) is 100 cm³/mol. The van der Waals surface area contributed by atoms with E-state index in [0.29, 0.717) is 0 Å². The molecule has 0 aromatic heterocycles. The summed E-state index contributed by atoms with van der Waals surface area (Å²) in [5.74, 6) is 0.0586. The molecule has 2 fully saturated rings. The Hall–Kier alpha value is -1.98. The lowest BCUT2D eigenvalue weighted by atomic mass is 9.97. The minimum absolute atomic E-state index is 0.0586. The molecular formula is C18H25NO13. The number of hydrogen-bond acceptors (Lipinski definition) is 13. The Morgan fingerprint density at radius 1 is 0.812 bits per heavy atom. The van der Waals surface area contributed by atoms with E-state index in [1.54, 1.807) is 0 Å². The van der Waals surface area contributed by atoms with Crippen LogP contribution in [0.5, 0.6) is 5.75 Å². The van der Waals surface area contributed by atoms with Crippen LogP contribution in [0.15, 0.2) is 24.3 Å². The van der Waals surface area contributed by atoms with Gasteiger partial charge in [0.25, 0.3) is 5.69 Å². The fourth-order valence-electron chi connectivity index (χ4n) is 3.41. The van der Waals surface area contributed by atoms with Crippen LogP contribution < -0.4 is 4.74 Å². The lowest BCUT2D eigenvalue weighted by molar-refractivity contribution is -0.384. The quantitative estimate of drug-likeness (QED) is 0.155. The fraction of sp³-hybridized carbons (Fsp3) is 0.667. The molecule has 1 aromatic rings. The van der Waals surface area contributed by atoms with Gasteiger partial charge in [-0.25, -0.2) is 0 Å². The van der Waals surface area contributed by atoms with Gasteiger partial charge in [-0.05, 0) is 12.1 Å². The van der Waals surface area contributed by atoms with Gasteiger partial charge in [-0.15, -0.1) is 0 Å². The third-order valence-electron chi connectivity index (χ3n) is 5.26. The van der Waals surface area contributed by atoms with Crippen LogP contribution in [0.3, 0.4) is 0 Å². The van der Waals surface area contributed by atoms with Gasteiger partial charge in [0.2, 0.25) is 6.29 Å². The minimum atomic E-state index is -1.80. The Balaban J connectivity index is 1.81. The Labute approximate surface area is 180 Å². The first kappa shape index (κ1) is 24.7. The van der Waals surface area contributed by atoms with Gasteiger partial charge < -0.3 is 54.7 Å². The molecule has 180 valence electrons. The molecule has 2 aliphatic rings. The van der Waals surface area contributed by atoms with Gasteiger partial charge in [-0.1, -0.05) is 0 Å². The molecule has 0 saturated carbocycles. The molecule has 2 saturated heterocycles. The Morgan fingerprint density at radius 2 is 1.34 bits per heavy atom. The number of rotatable bonds is 7. The molecule has 2 aliphatic heterocycles. The van der Waals surface area contributed by atoms with Crippen molar-refractivity contribution in [3.05, 3.63) is 34.4 Å². The Kier molecular flexibility index (Phi) is 7.94. The van der Waals surface area contributed by atoms with Gasteiger partial charge >= 0.3 is 0 Å². The average Bonchev–Trinajstić information content (AvgIpc) is 2.78. The van der Waals surface area contributed by atoms with Crippen molar-refractivity contribution >= 4 is 5.69 Å². The van der Waals surface area contributed by atoms with Crippen molar-refractivity contribution in [1.82, 2.24) is 0 Å². The SMILES string of the molecule is O=[N+]([O-])c1ccc(O[C@H]2O[C@H](CO)[C@@H](O)[C@@H](O)[C@@H]2O[C@H]2O[C@H](CO)[C@@H](O)[C@H](O)[C@@H]2O)cc1. The molecule has 14 nitrogen and oxygen atoms in total.